The minimum absolute atomic E-state index is 0.239. The molecule has 0 saturated carbocycles. The minimum atomic E-state index is -0.620. The Morgan fingerprint density at radius 3 is 2.48 bits per heavy atom. The second-order valence-electron chi connectivity index (χ2n) is 6.52. The smallest absolute Gasteiger partial charge is 0.342 e. The Morgan fingerprint density at radius 2 is 1.83 bits per heavy atom. The lowest BCUT2D eigenvalue weighted by Gasteiger charge is -2.10. The quantitative estimate of drug-likeness (QED) is 0.408. The van der Waals surface area contributed by atoms with Gasteiger partial charge in [-0.15, -0.1) is 11.3 Å². The molecule has 0 fully saturated rings. The number of hydrogen-bond acceptors (Lipinski definition) is 6. The van der Waals surface area contributed by atoms with Crippen LogP contribution in [0.25, 0.3) is 0 Å². The molecular weight excluding hydrogens is 390 g/mol. The first-order valence-electron chi connectivity index (χ1n) is 9.06. The van der Waals surface area contributed by atoms with Gasteiger partial charge in [-0.2, -0.15) is 0 Å². The molecule has 1 aromatic carbocycles. The number of esters is 1. The minimum Gasteiger partial charge on any atom is -0.497 e. The van der Waals surface area contributed by atoms with Crippen molar-refractivity contribution >= 4 is 23.1 Å². The average molecular weight is 413 g/mol. The number of rotatable bonds is 8. The van der Waals surface area contributed by atoms with E-state index in [0.29, 0.717) is 23.6 Å². The lowest BCUT2D eigenvalue weighted by molar-refractivity contribution is 0.0471. The van der Waals surface area contributed by atoms with Crippen LogP contribution in [0.15, 0.2) is 41.8 Å². The van der Waals surface area contributed by atoms with Crippen LogP contribution >= 0.6 is 11.3 Å². The Morgan fingerprint density at radius 1 is 1.03 bits per heavy atom. The van der Waals surface area contributed by atoms with Crippen LogP contribution in [0, 0.1) is 13.8 Å². The lowest BCUT2D eigenvalue weighted by Crippen LogP contribution is -2.15. The second-order valence-corrected chi connectivity index (χ2v) is 7.55. The summed E-state index contributed by atoms with van der Waals surface area (Å²) in [5.74, 6) is 0.0326. The molecule has 0 aliphatic rings. The highest BCUT2D eigenvalue weighted by Crippen LogP contribution is 2.25. The molecule has 29 heavy (non-hydrogen) atoms. The number of thiophene rings is 1. The van der Waals surface area contributed by atoms with Crippen molar-refractivity contribution in [1.29, 1.82) is 0 Å². The Balaban J connectivity index is 1.70. The van der Waals surface area contributed by atoms with Gasteiger partial charge in [-0.1, -0.05) is 6.07 Å². The summed E-state index contributed by atoms with van der Waals surface area (Å²) in [4.78, 5) is 26.3. The SMILES string of the molecule is COc1ccc(C(=O)OCC(=O)c2cc(C)n(Cc3cccs3)c2C)c(OC)c1. The molecule has 2 heterocycles. The fraction of sp³-hybridized carbons (Fsp3) is 0.273. The number of carbonyl (C=O) groups is 2. The predicted molar refractivity (Wildman–Crippen MR) is 111 cm³/mol. The van der Waals surface area contributed by atoms with Crippen molar-refractivity contribution in [3.8, 4) is 11.5 Å². The molecule has 0 atom stereocenters. The first-order valence-corrected chi connectivity index (χ1v) is 9.94. The fourth-order valence-corrected chi connectivity index (χ4v) is 3.83. The molecule has 0 N–H and O–H groups in total. The van der Waals surface area contributed by atoms with Crippen molar-refractivity contribution in [3.05, 3.63) is 69.2 Å². The molecule has 3 rings (SSSR count). The van der Waals surface area contributed by atoms with Crippen LogP contribution in [0.3, 0.4) is 0 Å². The van der Waals surface area contributed by atoms with E-state index < -0.39 is 5.97 Å². The maximum absolute atomic E-state index is 12.7. The van der Waals surface area contributed by atoms with E-state index in [1.807, 2.05) is 31.4 Å². The molecule has 3 aromatic rings. The van der Waals surface area contributed by atoms with E-state index in [4.69, 9.17) is 14.2 Å². The number of Topliss-reactive ketones (excluding diaryl/α,β-unsaturated/α-hetero) is 1. The normalized spacial score (nSPS) is 10.6. The maximum atomic E-state index is 12.7. The predicted octanol–water partition coefficient (Wildman–Crippen LogP) is 4.27. The highest BCUT2D eigenvalue weighted by molar-refractivity contribution is 7.09. The summed E-state index contributed by atoms with van der Waals surface area (Å²) in [6.07, 6.45) is 0. The fourth-order valence-electron chi connectivity index (χ4n) is 3.14. The largest absolute Gasteiger partial charge is 0.497 e. The van der Waals surface area contributed by atoms with Crippen LogP contribution < -0.4 is 9.47 Å². The molecule has 0 aliphatic heterocycles. The van der Waals surface area contributed by atoms with Gasteiger partial charge in [0.1, 0.15) is 17.1 Å². The van der Waals surface area contributed by atoms with Crippen LogP contribution in [0.1, 0.15) is 37.0 Å². The van der Waals surface area contributed by atoms with E-state index in [9.17, 15) is 9.59 Å². The number of carbonyl (C=O) groups excluding carboxylic acids is 2. The summed E-state index contributed by atoms with van der Waals surface area (Å²) in [6, 6.07) is 10.7. The number of aryl methyl sites for hydroxylation is 1. The van der Waals surface area contributed by atoms with Crippen molar-refractivity contribution in [2.24, 2.45) is 0 Å². The molecule has 0 aliphatic carbocycles. The van der Waals surface area contributed by atoms with Crippen molar-refractivity contribution in [2.45, 2.75) is 20.4 Å². The first kappa shape index (κ1) is 20.7. The summed E-state index contributed by atoms with van der Waals surface area (Å²) < 4.78 is 17.7. The Labute approximate surface area is 173 Å². The number of benzene rings is 1. The summed E-state index contributed by atoms with van der Waals surface area (Å²) >= 11 is 1.67. The van der Waals surface area contributed by atoms with Gasteiger partial charge in [0.15, 0.2) is 6.61 Å². The van der Waals surface area contributed by atoms with Crippen molar-refractivity contribution in [2.75, 3.05) is 20.8 Å². The second kappa shape index (κ2) is 8.96. The average Bonchev–Trinajstić information content (AvgIpc) is 3.35. The molecule has 0 spiro atoms. The van der Waals surface area contributed by atoms with E-state index in [-0.39, 0.29) is 18.0 Å². The summed E-state index contributed by atoms with van der Waals surface area (Å²) in [5, 5.41) is 2.03. The van der Waals surface area contributed by atoms with Gasteiger partial charge in [-0.25, -0.2) is 4.79 Å². The Hall–Kier alpha value is -3.06. The molecule has 0 saturated heterocycles. The van der Waals surface area contributed by atoms with Gasteiger partial charge >= 0.3 is 5.97 Å². The Bertz CT molecular complexity index is 1020. The molecule has 7 heteroatoms. The van der Waals surface area contributed by atoms with Crippen molar-refractivity contribution < 1.29 is 23.8 Å². The van der Waals surface area contributed by atoms with Crippen LogP contribution in [0.4, 0.5) is 0 Å². The van der Waals surface area contributed by atoms with E-state index in [1.165, 1.54) is 19.1 Å². The molecule has 0 unspecified atom stereocenters. The van der Waals surface area contributed by atoms with Gasteiger partial charge in [0.05, 0.1) is 20.8 Å². The molecule has 0 radical (unpaired) electrons. The number of methoxy groups -OCH3 is 2. The molecule has 0 amide bonds. The van der Waals surface area contributed by atoms with Crippen LogP contribution in [-0.4, -0.2) is 37.1 Å². The zero-order valence-corrected chi connectivity index (χ0v) is 17.7. The highest BCUT2D eigenvalue weighted by atomic mass is 32.1. The molecule has 6 nitrogen and oxygen atoms in total. The summed E-state index contributed by atoms with van der Waals surface area (Å²) in [6.45, 7) is 4.25. The number of aromatic nitrogens is 1. The third-order valence-corrected chi connectivity index (χ3v) is 5.59. The van der Waals surface area contributed by atoms with Crippen LogP contribution in [-0.2, 0) is 11.3 Å². The standard InChI is InChI=1S/C22H23NO5S/c1-14-10-19(15(2)23(14)12-17-6-5-9-29-17)20(24)13-28-22(25)18-8-7-16(26-3)11-21(18)27-4/h5-11H,12-13H2,1-4H3. The molecule has 152 valence electrons. The topological polar surface area (TPSA) is 66.8 Å². The van der Waals surface area contributed by atoms with E-state index >= 15 is 0 Å². The van der Waals surface area contributed by atoms with Crippen molar-refractivity contribution in [1.82, 2.24) is 4.57 Å². The first-order chi connectivity index (χ1) is 13.9. The molecule has 2 aromatic heterocycles. The molecular formula is C22H23NO5S. The molecule has 0 bridgehead atoms. The zero-order valence-electron chi connectivity index (χ0n) is 16.9. The van der Waals surface area contributed by atoms with Gasteiger partial charge in [-0.05, 0) is 43.5 Å². The van der Waals surface area contributed by atoms with Gasteiger partial charge < -0.3 is 18.8 Å². The highest BCUT2D eigenvalue weighted by Gasteiger charge is 2.20. The van der Waals surface area contributed by atoms with Crippen molar-refractivity contribution in [3.63, 3.8) is 0 Å². The number of nitrogens with zero attached hydrogens (tertiary/aromatic N) is 1. The van der Waals surface area contributed by atoms with Gasteiger partial charge in [0.25, 0.3) is 0 Å². The number of ketones is 1. The van der Waals surface area contributed by atoms with Gasteiger partial charge in [-0.3, -0.25) is 4.79 Å². The number of hydrogen-bond donors (Lipinski definition) is 0. The van der Waals surface area contributed by atoms with Crippen LogP contribution in [0.5, 0.6) is 11.5 Å². The maximum Gasteiger partial charge on any atom is 0.342 e. The number of ether oxygens (including phenoxy) is 3. The van der Waals surface area contributed by atoms with Crippen LogP contribution in [0.2, 0.25) is 0 Å². The lowest BCUT2D eigenvalue weighted by atomic mass is 10.1. The summed E-state index contributed by atoms with van der Waals surface area (Å²) in [7, 11) is 2.99. The van der Waals surface area contributed by atoms with Gasteiger partial charge in [0.2, 0.25) is 5.78 Å². The zero-order chi connectivity index (χ0) is 21.0. The third kappa shape index (κ3) is 4.51. The van der Waals surface area contributed by atoms with E-state index in [1.54, 1.807) is 29.5 Å². The monoisotopic (exact) mass is 413 g/mol. The Kier molecular flexibility index (Phi) is 6.39. The van der Waals surface area contributed by atoms with E-state index in [0.717, 1.165) is 11.4 Å². The third-order valence-electron chi connectivity index (χ3n) is 4.73. The van der Waals surface area contributed by atoms with Gasteiger partial charge in [0, 0.05) is 27.9 Å². The van der Waals surface area contributed by atoms with E-state index in [2.05, 4.69) is 10.6 Å². The summed E-state index contributed by atoms with van der Waals surface area (Å²) in [5.41, 5.74) is 2.65.